The molecular formula is C12H15N3O2S. The fourth-order valence-electron chi connectivity index (χ4n) is 1.78. The molecule has 0 bridgehead atoms. The summed E-state index contributed by atoms with van der Waals surface area (Å²) in [6.45, 7) is 0.713. The molecule has 4 N–H and O–H groups in total. The standard InChI is InChI=1S/C12H15N3O2S/c1-17-4-2-3-7-5-8-10(18-7)9(12(14)16)6-15-11(8)13/h5-6H,2-4H2,1H3,(H2,13,15)(H2,14,16). The lowest BCUT2D eigenvalue weighted by Crippen LogP contribution is -2.11. The number of methoxy groups -OCH3 is 1. The first-order chi connectivity index (χ1) is 8.63. The molecule has 0 saturated heterocycles. The second-order valence-corrected chi connectivity index (χ2v) is 5.11. The van der Waals surface area contributed by atoms with Crippen LogP contribution in [-0.2, 0) is 11.2 Å². The number of anilines is 1. The van der Waals surface area contributed by atoms with Gasteiger partial charge in [0, 0.05) is 30.2 Å². The zero-order valence-electron chi connectivity index (χ0n) is 10.1. The van der Waals surface area contributed by atoms with Crippen LogP contribution in [0, 0.1) is 0 Å². The number of fused-ring (bicyclic) bond motifs is 1. The second kappa shape index (κ2) is 5.32. The summed E-state index contributed by atoms with van der Waals surface area (Å²) in [6, 6.07) is 1.98. The van der Waals surface area contributed by atoms with E-state index in [0.29, 0.717) is 18.0 Å². The predicted molar refractivity (Wildman–Crippen MR) is 72.7 cm³/mol. The van der Waals surface area contributed by atoms with Crippen molar-refractivity contribution in [3.8, 4) is 0 Å². The average Bonchev–Trinajstić information content (AvgIpc) is 2.74. The zero-order chi connectivity index (χ0) is 13.1. The largest absolute Gasteiger partial charge is 0.385 e. The van der Waals surface area contributed by atoms with Crippen LogP contribution in [0.1, 0.15) is 21.7 Å². The Bertz CT molecular complexity index is 580. The van der Waals surface area contributed by atoms with E-state index in [-0.39, 0.29) is 0 Å². The Balaban J connectivity index is 2.39. The summed E-state index contributed by atoms with van der Waals surface area (Å²) in [7, 11) is 1.68. The minimum atomic E-state index is -0.474. The first-order valence-electron chi connectivity index (χ1n) is 5.59. The highest BCUT2D eigenvalue weighted by Crippen LogP contribution is 2.32. The summed E-state index contributed by atoms with van der Waals surface area (Å²) in [5.74, 6) is -0.0398. The van der Waals surface area contributed by atoms with Gasteiger partial charge in [-0.3, -0.25) is 4.79 Å². The molecule has 0 fully saturated rings. The predicted octanol–water partition coefficient (Wildman–Crippen LogP) is 1.56. The number of amides is 1. The number of hydrogen-bond donors (Lipinski definition) is 2. The molecule has 96 valence electrons. The number of pyridine rings is 1. The molecule has 2 aromatic heterocycles. The van der Waals surface area contributed by atoms with Crippen LogP contribution < -0.4 is 11.5 Å². The van der Waals surface area contributed by atoms with Gasteiger partial charge >= 0.3 is 0 Å². The molecule has 18 heavy (non-hydrogen) atoms. The third-order valence-corrected chi connectivity index (χ3v) is 3.90. The monoisotopic (exact) mass is 265 g/mol. The lowest BCUT2D eigenvalue weighted by molar-refractivity contribution is 0.100. The van der Waals surface area contributed by atoms with Crippen molar-refractivity contribution in [1.29, 1.82) is 0 Å². The topological polar surface area (TPSA) is 91.2 Å². The van der Waals surface area contributed by atoms with Crippen LogP contribution in [0.3, 0.4) is 0 Å². The van der Waals surface area contributed by atoms with Crippen molar-refractivity contribution in [3.05, 3.63) is 22.7 Å². The molecular weight excluding hydrogens is 250 g/mol. The number of nitrogens with two attached hydrogens (primary N) is 2. The molecule has 0 unspecified atom stereocenters. The number of carbonyl (C=O) groups excluding carboxylic acids is 1. The highest BCUT2D eigenvalue weighted by molar-refractivity contribution is 7.19. The first kappa shape index (κ1) is 12.8. The van der Waals surface area contributed by atoms with E-state index in [9.17, 15) is 4.79 Å². The van der Waals surface area contributed by atoms with Gasteiger partial charge < -0.3 is 16.2 Å². The summed E-state index contributed by atoms with van der Waals surface area (Å²) >= 11 is 1.54. The summed E-state index contributed by atoms with van der Waals surface area (Å²) in [5, 5.41) is 0.809. The van der Waals surface area contributed by atoms with Gasteiger partial charge in [-0.25, -0.2) is 4.98 Å². The highest BCUT2D eigenvalue weighted by Gasteiger charge is 2.13. The Hall–Kier alpha value is -1.66. The van der Waals surface area contributed by atoms with E-state index in [1.807, 2.05) is 6.07 Å². The molecule has 2 heterocycles. The Labute approximate surface area is 109 Å². The van der Waals surface area contributed by atoms with Crippen molar-refractivity contribution in [1.82, 2.24) is 4.98 Å². The third-order valence-electron chi connectivity index (χ3n) is 2.67. The Morgan fingerprint density at radius 1 is 1.56 bits per heavy atom. The van der Waals surface area contributed by atoms with Gasteiger partial charge in [-0.15, -0.1) is 11.3 Å². The lowest BCUT2D eigenvalue weighted by Gasteiger charge is -1.99. The van der Waals surface area contributed by atoms with Crippen molar-refractivity contribution >= 4 is 33.1 Å². The van der Waals surface area contributed by atoms with Crippen LogP contribution in [0.5, 0.6) is 0 Å². The van der Waals surface area contributed by atoms with Crippen molar-refractivity contribution in [2.75, 3.05) is 19.5 Å². The minimum absolute atomic E-state index is 0.433. The van der Waals surface area contributed by atoms with Gasteiger partial charge in [0.1, 0.15) is 5.82 Å². The van der Waals surface area contributed by atoms with Crippen LogP contribution in [0.4, 0.5) is 5.82 Å². The fraction of sp³-hybridized carbons (Fsp3) is 0.333. The molecule has 0 aliphatic rings. The summed E-state index contributed by atoms with van der Waals surface area (Å²) < 4.78 is 5.84. The molecule has 0 spiro atoms. The van der Waals surface area contributed by atoms with E-state index >= 15 is 0 Å². The van der Waals surface area contributed by atoms with Crippen LogP contribution in [-0.4, -0.2) is 24.6 Å². The second-order valence-electron chi connectivity index (χ2n) is 3.97. The number of nitrogen functional groups attached to an aromatic ring is 1. The normalized spacial score (nSPS) is 10.9. The quantitative estimate of drug-likeness (QED) is 0.802. The van der Waals surface area contributed by atoms with Crippen LogP contribution in [0.15, 0.2) is 12.3 Å². The Kier molecular flexibility index (Phi) is 3.78. The number of ether oxygens (including phenoxy) is 1. The maximum atomic E-state index is 11.3. The van der Waals surface area contributed by atoms with E-state index in [4.69, 9.17) is 16.2 Å². The maximum Gasteiger partial charge on any atom is 0.251 e. The molecule has 6 heteroatoms. The number of rotatable bonds is 5. The van der Waals surface area contributed by atoms with E-state index in [1.54, 1.807) is 18.4 Å². The fourth-order valence-corrected chi connectivity index (χ4v) is 3.01. The maximum absolute atomic E-state index is 11.3. The average molecular weight is 265 g/mol. The van der Waals surface area contributed by atoms with E-state index < -0.39 is 5.91 Å². The summed E-state index contributed by atoms with van der Waals surface area (Å²) in [5.41, 5.74) is 11.6. The number of nitrogens with zero attached hydrogens (tertiary/aromatic N) is 1. The number of thiophene rings is 1. The number of primary amides is 1. The molecule has 5 nitrogen and oxygen atoms in total. The number of carbonyl (C=O) groups is 1. The molecule has 0 aliphatic carbocycles. The Morgan fingerprint density at radius 2 is 2.33 bits per heavy atom. The van der Waals surface area contributed by atoms with Crippen molar-refractivity contribution in [3.63, 3.8) is 0 Å². The number of aromatic nitrogens is 1. The first-order valence-corrected chi connectivity index (χ1v) is 6.40. The van der Waals surface area contributed by atoms with Gasteiger partial charge in [-0.2, -0.15) is 0 Å². The smallest absolute Gasteiger partial charge is 0.251 e. The molecule has 0 aliphatic heterocycles. The van der Waals surface area contributed by atoms with Crippen LogP contribution in [0.2, 0.25) is 0 Å². The SMILES string of the molecule is COCCCc1cc2c(N)ncc(C(N)=O)c2s1. The minimum Gasteiger partial charge on any atom is -0.385 e. The van der Waals surface area contributed by atoms with Crippen LogP contribution >= 0.6 is 11.3 Å². The van der Waals surface area contributed by atoms with Gasteiger partial charge in [0.2, 0.25) is 0 Å². The zero-order valence-corrected chi connectivity index (χ0v) is 10.9. The third kappa shape index (κ3) is 2.44. The van der Waals surface area contributed by atoms with Crippen molar-refractivity contribution in [2.45, 2.75) is 12.8 Å². The molecule has 1 amide bonds. The molecule has 2 rings (SSSR count). The number of hydrogen-bond acceptors (Lipinski definition) is 5. The van der Waals surface area contributed by atoms with Gasteiger partial charge in [-0.05, 0) is 18.9 Å². The molecule has 2 aromatic rings. The van der Waals surface area contributed by atoms with Gasteiger partial charge in [-0.1, -0.05) is 0 Å². The van der Waals surface area contributed by atoms with Crippen LogP contribution in [0.25, 0.3) is 10.1 Å². The van der Waals surface area contributed by atoms with E-state index in [1.165, 1.54) is 6.20 Å². The van der Waals surface area contributed by atoms with E-state index in [0.717, 1.165) is 27.8 Å². The molecule has 0 atom stereocenters. The van der Waals surface area contributed by atoms with Gasteiger partial charge in [0.05, 0.1) is 10.3 Å². The number of aryl methyl sites for hydroxylation is 1. The lowest BCUT2D eigenvalue weighted by atomic mass is 10.2. The van der Waals surface area contributed by atoms with Gasteiger partial charge in [0.15, 0.2) is 0 Å². The molecule has 0 saturated carbocycles. The van der Waals surface area contributed by atoms with Crippen molar-refractivity contribution in [2.24, 2.45) is 5.73 Å². The molecule has 0 aromatic carbocycles. The Morgan fingerprint density at radius 3 is 3.00 bits per heavy atom. The summed E-state index contributed by atoms with van der Waals surface area (Å²) in [4.78, 5) is 16.5. The van der Waals surface area contributed by atoms with E-state index in [2.05, 4.69) is 4.98 Å². The summed E-state index contributed by atoms with van der Waals surface area (Å²) in [6.07, 6.45) is 3.27. The van der Waals surface area contributed by atoms with Crippen molar-refractivity contribution < 1.29 is 9.53 Å². The van der Waals surface area contributed by atoms with Gasteiger partial charge in [0.25, 0.3) is 5.91 Å². The molecule has 0 radical (unpaired) electrons. The highest BCUT2D eigenvalue weighted by atomic mass is 32.1.